The van der Waals surface area contributed by atoms with Gasteiger partial charge in [-0.05, 0) is 76.5 Å². The molecule has 0 radical (unpaired) electrons. The molecule has 0 saturated carbocycles. The Morgan fingerprint density at radius 3 is 1.69 bits per heavy atom. The minimum atomic E-state index is 0.885. The summed E-state index contributed by atoms with van der Waals surface area (Å²) in [6.45, 7) is 0. The number of fused-ring (bicyclic) bond motifs is 11. The van der Waals surface area contributed by atoms with Gasteiger partial charge in [0.25, 0.3) is 0 Å². The van der Waals surface area contributed by atoms with E-state index in [9.17, 15) is 0 Å². The van der Waals surface area contributed by atoms with E-state index in [2.05, 4.69) is 179 Å². The van der Waals surface area contributed by atoms with Gasteiger partial charge in [-0.1, -0.05) is 109 Å². The highest BCUT2D eigenvalue weighted by atomic mass is 16.3. The van der Waals surface area contributed by atoms with Crippen LogP contribution in [0.5, 0.6) is 0 Å². The molecule has 8 aromatic carbocycles. The fraction of sp³-hybridized carbons (Fsp3) is 0. The maximum atomic E-state index is 6.57. The number of para-hydroxylation sites is 2. The van der Waals surface area contributed by atoms with Crippen molar-refractivity contribution in [1.82, 2.24) is 9.13 Å². The van der Waals surface area contributed by atoms with Gasteiger partial charge in [0.1, 0.15) is 11.2 Å². The van der Waals surface area contributed by atoms with Crippen LogP contribution < -0.4 is 0 Å². The van der Waals surface area contributed by atoms with Crippen molar-refractivity contribution < 1.29 is 4.42 Å². The molecule has 3 aromatic heterocycles. The predicted molar refractivity (Wildman–Crippen MR) is 205 cm³/mol. The Kier molecular flexibility index (Phi) is 5.38. The Hall–Kier alpha value is -6.58. The van der Waals surface area contributed by atoms with Crippen molar-refractivity contribution in [1.29, 1.82) is 0 Å². The summed E-state index contributed by atoms with van der Waals surface area (Å²) in [6, 6.07) is 61.2. The molecule has 0 amide bonds. The number of furan rings is 1. The van der Waals surface area contributed by atoms with E-state index in [-0.39, 0.29) is 0 Å². The average molecular weight is 625 g/mol. The van der Waals surface area contributed by atoms with Crippen molar-refractivity contribution in [2.45, 2.75) is 0 Å². The Balaban J connectivity index is 1.19. The van der Waals surface area contributed by atoms with E-state index in [1.54, 1.807) is 0 Å². The van der Waals surface area contributed by atoms with Crippen LogP contribution >= 0.6 is 0 Å². The van der Waals surface area contributed by atoms with Crippen molar-refractivity contribution in [2.75, 3.05) is 0 Å². The zero-order chi connectivity index (χ0) is 32.1. The topological polar surface area (TPSA) is 23.0 Å². The quantitative estimate of drug-likeness (QED) is 0.192. The van der Waals surface area contributed by atoms with Gasteiger partial charge < -0.3 is 13.6 Å². The van der Waals surface area contributed by atoms with Gasteiger partial charge in [-0.2, -0.15) is 0 Å². The van der Waals surface area contributed by atoms with Crippen LogP contribution in [0.25, 0.3) is 98.8 Å². The van der Waals surface area contributed by atoms with E-state index in [0.717, 1.165) is 33.3 Å². The van der Waals surface area contributed by atoms with Gasteiger partial charge in [-0.15, -0.1) is 0 Å². The van der Waals surface area contributed by atoms with E-state index in [1.807, 2.05) is 0 Å². The van der Waals surface area contributed by atoms with Crippen LogP contribution in [-0.4, -0.2) is 9.13 Å². The van der Waals surface area contributed by atoms with E-state index in [0.29, 0.717) is 0 Å². The lowest BCUT2D eigenvalue weighted by Gasteiger charge is -2.10. The van der Waals surface area contributed by atoms with Crippen molar-refractivity contribution in [3.05, 3.63) is 170 Å². The van der Waals surface area contributed by atoms with Crippen molar-refractivity contribution >= 4 is 76.3 Å². The Morgan fingerprint density at radius 2 is 0.959 bits per heavy atom. The number of hydrogen-bond acceptors (Lipinski definition) is 1. The van der Waals surface area contributed by atoms with Gasteiger partial charge in [-0.3, -0.25) is 0 Å². The molecule has 228 valence electrons. The van der Waals surface area contributed by atoms with Gasteiger partial charge in [0.2, 0.25) is 0 Å². The molecule has 49 heavy (non-hydrogen) atoms. The summed E-state index contributed by atoms with van der Waals surface area (Å²) in [7, 11) is 0. The first-order chi connectivity index (χ1) is 24.3. The number of nitrogens with zero attached hydrogens (tertiary/aromatic N) is 2. The number of rotatable bonds is 3. The SMILES string of the molecule is c1ccc(-c2cccc3oc4cc(-n5c6ccccc6c6c7c8ccccc8n(-c8ccc9ccccc9c8)c7ccc65)ccc4c23)cc1. The monoisotopic (exact) mass is 624 g/mol. The lowest BCUT2D eigenvalue weighted by atomic mass is 9.99. The Labute approximate surface area is 281 Å². The van der Waals surface area contributed by atoms with Crippen molar-refractivity contribution in [3.63, 3.8) is 0 Å². The molecule has 0 saturated heterocycles. The Bertz CT molecular complexity index is 3100. The van der Waals surface area contributed by atoms with E-state index in [1.165, 1.54) is 65.5 Å². The molecule has 0 fully saturated rings. The molecule has 3 heterocycles. The fourth-order valence-corrected chi connectivity index (χ4v) is 8.20. The zero-order valence-corrected chi connectivity index (χ0v) is 26.5. The average Bonchev–Trinajstić information content (AvgIpc) is 3.82. The fourth-order valence-electron chi connectivity index (χ4n) is 8.20. The maximum Gasteiger partial charge on any atom is 0.137 e. The standard InChI is InChI=1S/C46H28N2O/c1-2-12-30(13-3-1)34-17-10-20-42-44(34)37-24-23-33(28-43(37)49-42)48-39-19-9-7-16-36(39)46-41(48)26-25-40-45(46)35-15-6-8-18-38(35)47(40)32-22-21-29-11-4-5-14-31(29)27-32/h1-28H. The summed E-state index contributed by atoms with van der Waals surface area (Å²) in [6.07, 6.45) is 0. The summed E-state index contributed by atoms with van der Waals surface area (Å²) in [4.78, 5) is 0. The number of benzene rings is 8. The molecule has 0 atom stereocenters. The third-order valence-corrected chi connectivity index (χ3v) is 10.3. The van der Waals surface area contributed by atoms with Crippen LogP contribution in [0.2, 0.25) is 0 Å². The highest BCUT2D eigenvalue weighted by Crippen LogP contribution is 2.43. The largest absolute Gasteiger partial charge is 0.456 e. The molecule has 11 aromatic rings. The summed E-state index contributed by atoms with van der Waals surface area (Å²) in [5.41, 5.74) is 11.2. The lowest BCUT2D eigenvalue weighted by molar-refractivity contribution is 0.668. The van der Waals surface area contributed by atoms with Gasteiger partial charge >= 0.3 is 0 Å². The zero-order valence-electron chi connectivity index (χ0n) is 26.5. The number of aromatic nitrogens is 2. The molecule has 0 N–H and O–H groups in total. The summed E-state index contributed by atoms with van der Waals surface area (Å²) in [5.74, 6) is 0. The van der Waals surface area contributed by atoms with Crippen LogP contribution in [0.1, 0.15) is 0 Å². The first-order valence-electron chi connectivity index (χ1n) is 16.8. The highest BCUT2D eigenvalue weighted by Gasteiger charge is 2.21. The maximum absolute atomic E-state index is 6.57. The molecule has 3 heteroatoms. The van der Waals surface area contributed by atoms with Gasteiger partial charge in [0.15, 0.2) is 0 Å². The normalized spacial score (nSPS) is 12.1. The van der Waals surface area contributed by atoms with Crippen LogP contribution in [-0.2, 0) is 0 Å². The van der Waals surface area contributed by atoms with Crippen LogP contribution in [0.3, 0.4) is 0 Å². The van der Waals surface area contributed by atoms with E-state index >= 15 is 0 Å². The van der Waals surface area contributed by atoms with Crippen LogP contribution in [0.4, 0.5) is 0 Å². The second kappa shape index (κ2) is 9.96. The minimum absolute atomic E-state index is 0.885. The molecule has 0 bridgehead atoms. The second-order valence-electron chi connectivity index (χ2n) is 12.9. The van der Waals surface area contributed by atoms with Crippen LogP contribution in [0, 0.1) is 0 Å². The molecule has 0 unspecified atom stereocenters. The summed E-state index contributed by atoms with van der Waals surface area (Å²) < 4.78 is 11.4. The van der Waals surface area contributed by atoms with E-state index < -0.39 is 0 Å². The van der Waals surface area contributed by atoms with Gasteiger partial charge in [0, 0.05) is 49.8 Å². The molecule has 0 spiro atoms. The molecule has 0 aliphatic heterocycles. The second-order valence-corrected chi connectivity index (χ2v) is 12.9. The predicted octanol–water partition coefficient (Wildman–Crippen LogP) is 12.6. The molecular weight excluding hydrogens is 597 g/mol. The third-order valence-electron chi connectivity index (χ3n) is 10.3. The van der Waals surface area contributed by atoms with Crippen molar-refractivity contribution in [2.24, 2.45) is 0 Å². The van der Waals surface area contributed by atoms with E-state index in [4.69, 9.17) is 4.42 Å². The summed E-state index contributed by atoms with van der Waals surface area (Å²) >= 11 is 0. The smallest absolute Gasteiger partial charge is 0.137 e. The molecular formula is C46H28N2O. The van der Waals surface area contributed by atoms with Gasteiger partial charge in [0.05, 0.1) is 22.1 Å². The molecule has 11 rings (SSSR count). The minimum Gasteiger partial charge on any atom is -0.456 e. The first-order valence-corrected chi connectivity index (χ1v) is 16.8. The summed E-state index contributed by atoms with van der Waals surface area (Å²) in [5, 5.41) is 9.78. The number of hydrogen-bond donors (Lipinski definition) is 0. The molecule has 3 nitrogen and oxygen atoms in total. The Morgan fingerprint density at radius 1 is 0.347 bits per heavy atom. The van der Waals surface area contributed by atoms with Gasteiger partial charge in [-0.25, -0.2) is 0 Å². The molecule has 0 aliphatic carbocycles. The highest BCUT2D eigenvalue weighted by molar-refractivity contribution is 6.29. The molecule has 0 aliphatic rings. The van der Waals surface area contributed by atoms with Crippen molar-refractivity contribution in [3.8, 4) is 22.5 Å². The van der Waals surface area contributed by atoms with Crippen LogP contribution in [0.15, 0.2) is 174 Å². The lowest BCUT2D eigenvalue weighted by Crippen LogP contribution is -1.95. The third kappa shape index (κ3) is 3.73. The first kappa shape index (κ1) is 26.5.